The highest BCUT2D eigenvalue weighted by Gasteiger charge is 2.58. The van der Waals surface area contributed by atoms with E-state index in [9.17, 15) is 39.6 Å². The van der Waals surface area contributed by atoms with Crippen molar-refractivity contribution in [3.8, 4) is 11.1 Å². The maximum atomic E-state index is 13.6. The van der Waals surface area contributed by atoms with E-state index in [-0.39, 0.29) is 53.1 Å². The molecule has 55 heavy (non-hydrogen) atoms. The fourth-order valence-electron chi connectivity index (χ4n) is 7.92. The van der Waals surface area contributed by atoms with Crippen LogP contribution in [0.25, 0.3) is 49.0 Å². The van der Waals surface area contributed by atoms with E-state index in [1.807, 2.05) is 65.6 Å². The fraction of sp³-hybridized carbons (Fsp3) is 0.0476. The quantitative estimate of drug-likeness (QED) is 0.0668. The Morgan fingerprint density at radius 2 is 1.11 bits per heavy atom. The monoisotopic (exact) mass is 809 g/mol. The van der Waals surface area contributed by atoms with Crippen molar-refractivity contribution in [3.63, 3.8) is 0 Å². The number of carboxylic acid groups (broad SMARTS) is 4. The molecule has 9 nitrogen and oxygen atoms in total. The van der Waals surface area contributed by atoms with E-state index in [1.54, 1.807) is 42.5 Å². The third-order valence-electron chi connectivity index (χ3n) is 10.0. The molecule has 4 N–H and O–H groups in total. The van der Waals surface area contributed by atoms with Crippen molar-refractivity contribution in [1.29, 1.82) is 0 Å². The Bertz CT molecular complexity index is 2840. The maximum Gasteiger partial charge on any atom is 0.337 e. The second-order valence-corrected chi connectivity index (χ2v) is 14.7. The first-order valence-corrected chi connectivity index (χ1v) is 18.0. The van der Waals surface area contributed by atoms with Gasteiger partial charge in [0.25, 0.3) is 0 Å². The largest absolute Gasteiger partial charge is 0.481 e. The van der Waals surface area contributed by atoms with Crippen molar-refractivity contribution in [1.82, 2.24) is 0 Å². The van der Waals surface area contributed by atoms with Crippen molar-refractivity contribution >= 4 is 125 Å². The number of benzene rings is 7. The number of carboxylic acids is 4. The van der Waals surface area contributed by atoms with Crippen molar-refractivity contribution in [2.45, 2.75) is 4.87 Å². The van der Waals surface area contributed by atoms with Gasteiger partial charge in [-0.15, -0.1) is 11.6 Å². The summed E-state index contributed by atoms with van der Waals surface area (Å²) in [5.41, 5.74) is 0.258. The van der Waals surface area contributed by atoms with Gasteiger partial charge < -0.3 is 25.3 Å². The summed E-state index contributed by atoms with van der Waals surface area (Å²) in [4.78, 5) is 52.3. The number of alkyl halides is 1. The molecule has 2 atom stereocenters. The minimum atomic E-state index is -3.01. The predicted molar refractivity (Wildman–Crippen MR) is 214 cm³/mol. The normalized spacial score (nSPS) is 16.4. The van der Waals surface area contributed by atoms with Crippen LogP contribution < -0.4 is 10.1 Å². The Hall–Kier alpha value is -5.84. The molecule has 0 spiro atoms. The lowest BCUT2D eigenvalue weighted by atomic mass is 9.69. The Morgan fingerprint density at radius 3 is 1.60 bits per heavy atom. The third-order valence-corrected chi connectivity index (χ3v) is 11.6. The van der Waals surface area contributed by atoms with Crippen molar-refractivity contribution in [3.05, 3.63) is 141 Å². The molecule has 272 valence electrons. The van der Waals surface area contributed by atoms with Crippen LogP contribution in [-0.2, 0) is 19.3 Å². The van der Waals surface area contributed by atoms with Gasteiger partial charge in [-0.2, -0.15) is 0 Å². The smallest absolute Gasteiger partial charge is 0.337 e. The molecule has 0 amide bonds. The minimum absolute atomic E-state index is 0.0230. The number of fused-ring (bicyclic) bond motifs is 2. The zero-order valence-electron chi connectivity index (χ0n) is 27.9. The highest BCUT2D eigenvalue weighted by molar-refractivity contribution is 6.51. The Labute approximate surface area is 330 Å². The highest BCUT2D eigenvalue weighted by Crippen LogP contribution is 2.56. The molecule has 13 heteroatoms. The van der Waals surface area contributed by atoms with Crippen molar-refractivity contribution in [2.75, 3.05) is 4.90 Å². The van der Waals surface area contributed by atoms with Gasteiger partial charge in [-0.1, -0.05) is 95.5 Å². The topological polar surface area (TPSA) is 152 Å². The molecular weight excluding hydrogens is 788 g/mol. The first-order valence-electron chi connectivity index (χ1n) is 16.5. The van der Waals surface area contributed by atoms with Crippen LogP contribution in [0.5, 0.6) is 0 Å². The van der Waals surface area contributed by atoms with Crippen molar-refractivity contribution < 1.29 is 39.6 Å². The number of hydrogen-bond acceptors (Lipinski definition) is 5. The number of aliphatic carboxylic acids is 3. The molecule has 7 aromatic rings. The molecule has 0 bridgehead atoms. The van der Waals surface area contributed by atoms with E-state index >= 15 is 0 Å². The van der Waals surface area contributed by atoms with Crippen LogP contribution in [0.3, 0.4) is 0 Å². The lowest BCUT2D eigenvalue weighted by Gasteiger charge is -2.37. The molecular formula is C42H23Cl4NO8. The van der Waals surface area contributed by atoms with Gasteiger partial charge in [0.1, 0.15) is 5.92 Å². The number of carbonyl (C=O) groups is 4. The van der Waals surface area contributed by atoms with Crippen LogP contribution in [-0.4, -0.2) is 44.3 Å². The average Bonchev–Trinajstić information content (AvgIpc) is 3.16. The van der Waals surface area contributed by atoms with Gasteiger partial charge in [-0.3, -0.25) is 4.79 Å². The van der Waals surface area contributed by atoms with Gasteiger partial charge in [-0.25, -0.2) is 14.4 Å². The molecule has 0 fully saturated rings. The van der Waals surface area contributed by atoms with Gasteiger partial charge in [0, 0.05) is 65.0 Å². The Balaban J connectivity index is 1.59. The van der Waals surface area contributed by atoms with Crippen molar-refractivity contribution in [2.24, 2.45) is 5.92 Å². The summed E-state index contributed by atoms with van der Waals surface area (Å²) in [5.74, 6) is -9.90. The number of nitrogens with zero attached hydrogens (tertiary/aromatic N) is 1. The van der Waals surface area contributed by atoms with Crippen LogP contribution in [0.4, 0.5) is 17.1 Å². The van der Waals surface area contributed by atoms with Gasteiger partial charge in [-0.05, 0) is 64.9 Å². The van der Waals surface area contributed by atoms with Gasteiger partial charge in [0.15, 0.2) is 4.87 Å². The van der Waals surface area contributed by atoms with Gasteiger partial charge >= 0.3 is 23.9 Å². The van der Waals surface area contributed by atoms with Gasteiger partial charge in [0.2, 0.25) is 0 Å². The first-order chi connectivity index (χ1) is 26.3. The standard InChI is InChI=1S/C42H23Cl4NO8/c43-24-17-13-19-14-18-25(44)29-26(19)28(24)32-31-30(34(39(50)51)36(40(52)53)42(46,35(29)31)41(54)55)33(38(48)49)27(37(32)45)20-11-15-23(16-12-20)47(21-7-3-1-4-8-21)22-9-5-2-6-10-22/h1-18,36H,(H,48,49)(H,50,51)(H,52,53)(H,54,55). The number of rotatable bonds is 8. The van der Waals surface area contributed by atoms with E-state index in [1.165, 1.54) is 6.07 Å². The van der Waals surface area contributed by atoms with E-state index in [0.717, 1.165) is 11.4 Å². The number of anilines is 3. The first kappa shape index (κ1) is 36.2. The molecule has 8 rings (SSSR count). The molecule has 0 aromatic heterocycles. The lowest BCUT2D eigenvalue weighted by molar-refractivity contribution is -0.150. The Kier molecular flexibility index (Phi) is 8.66. The number of para-hydroxylation sites is 2. The highest BCUT2D eigenvalue weighted by atomic mass is 35.5. The number of aromatic carboxylic acids is 1. The molecule has 0 heterocycles. The van der Waals surface area contributed by atoms with E-state index in [2.05, 4.69) is 0 Å². The zero-order valence-corrected chi connectivity index (χ0v) is 30.9. The van der Waals surface area contributed by atoms with Crippen LogP contribution in [0, 0.1) is 5.92 Å². The lowest BCUT2D eigenvalue weighted by Crippen LogP contribution is -2.49. The second-order valence-electron chi connectivity index (χ2n) is 12.9. The van der Waals surface area contributed by atoms with E-state index in [4.69, 9.17) is 46.4 Å². The van der Waals surface area contributed by atoms with E-state index < -0.39 is 56.6 Å². The summed E-state index contributed by atoms with van der Waals surface area (Å²) in [6, 6.07) is 32.0. The van der Waals surface area contributed by atoms with Crippen LogP contribution >= 0.6 is 46.4 Å². The summed E-state index contributed by atoms with van der Waals surface area (Å²) in [7, 11) is 0. The van der Waals surface area contributed by atoms with Gasteiger partial charge in [0.05, 0.1) is 16.2 Å². The molecule has 1 aliphatic rings. The molecule has 0 saturated carbocycles. The summed E-state index contributed by atoms with van der Waals surface area (Å²) >= 11 is 28.0. The second kappa shape index (κ2) is 13.2. The molecule has 0 radical (unpaired) electrons. The summed E-state index contributed by atoms with van der Waals surface area (Å²) in [5, 5.41) is 43.0. The van der Waals surface area contributed by atoms with Crippen LogP contribution in [0.15, 0.2) is 109 Å². The zero-order chi connectivity index (χ0) is 39.1. The summed E-state index contributed by atoms with van der Waals surface area (Å²) < 4.78 is 0. The summed E-state index contributed by atoms with van der Waals surface area (Å²) in [6.45, 7) is 0. The number of hydrogen-bond donors (Lipinski definition) is 4. The summed E-state index contributed by atoms with van der Waals surface area (Å²) in [6.07, 6.45) is 0. The molecule has 0 saturated heterocycles. The maximum absolute atomic E-state index is 13.6. The predicted octanol–water partition coefficient (Wildman–Crippen LogP) is 10.1. The number of halogens is 4. The van der Waals surface area contributed by atoms with Crippen LogP contribution in [0.2, 0.25) is 15.1 Å². The average molecular weight is 811 g/mol. The minimum Gasteiger partial charge on any atom is -0.481 e. The molecule has 2 unspecified atom stereocenters. The molecule has 1 aliphatic carbocycles. The third kappa shape index (κ3) is 5.22. The SMILES string of the molecule is O=C(O)C1=c2c(C(=O)O)c(-c3ccc(N(c4ccccc4)c4ccccc4)cc3)c(Cl)c3c2c(c2c(Cl)ccc4ccc(Cl)c3c42)C(Cl)(C(=O)O)C1C(=O)O. The molecule has 0 aliphatic heterocycles. The van der Waals surface area contributed by atoms with E-state index in [0.29, 0.717) is 11.1 Å². The van der Waals surface area contributed by atoms with Crippen LogP contribution in [0.1, 0.15) is 15.9 Å². The Morgan fingerprint density at radius 1 is 0.582 bits per heavy atom. The molecule has 7 aromatic carbocycles. The fourth-order valence-corrected chi connectivity index (χ4v) is 9.21.